The van der Waals surface area contributed by atoms with Crippen LogP contribution in [0.3, 0.4) is 0 Å². The van der Waals surface area contributed by atoms with Crippen LogP contribution in [0.5, 0.6) is 5.75 Å². The van der Waals surface area contributed by atoms with E-state index >= 15 is 0 Å². The molecule has 0 spiro atoms. The van der Waals surface area contributed by atoms with Gasteiger partial charge in [0.15, 0.2) is 5.54 Å². The fourth-order valence-electron chi connectivity index (χ4n) is 5.45. The molecule has 0 unspecified atom stereocenters. The third-order valence-corrected chi connectivity index (χ3v) is 7.10. The van der Waals surface area contributed by atoms with Crippen molar-refractivity contribution >= 4 is 34.4 Å². The van der Waals surface area contributed by atoms with Gasteiger partial charge in [0, 0.05) is 36.1 Å². The molecule has 1 aromatic heterocycles. The lowest BCUT2D eigenvalue weighted by Crippen LogP contribution is -2.60. The predicted molar refractivity (Wildman–Crippen MR) is 127 cm³/mol. The van der Waals surface area contributed by atoms with Crippen molar-refractivity contribution in [2.75, 3.05) is 27.3 Å². The first-order valence-electron chi connectivity index (χ1n) is 11.4. The molecule has 0 saturated carbocycles. The third-order valence-electron chi connectivity index (χ3n) is 7.10. The number of nitrogens with zero attached hydrogens (tertiary/aromatic N) is 2. The van der Waals surface area contributed by atoms with Crippen LogP contribution in [0.1, 0.15) is 28.0 Å². The van der Waals surface area contributed by atoms with Crippen molar-refractivity contribution in [1.29, 1.82) is 0 Å². The Morgan fingerprint density at radius 3 is 2.69 bits per heavy atom. The van der Waals surface area contributed by atoms with E-state index in [9.17, 15) is 24.5 Å². The molecule has 2 N–H and O–H groups in total. The smallest absolute Gasteiger partial charge is 0.333 e. The van der Waals surface area contributed by atoms with Crippen LogP contribution < -0.4 is 10.1 Å². The monoisotopic (exact) mass is 492 g/mol. The number of benzene rings is 2. The van der Waals surface area contributed by atoms with Crippen molar-refractivity contribution in [3.63, 3.8) is 0 Å². The number of aromatic nitrogens is 1. The van der Waals surface area contributed by atoms with E-state index in [1.54, 1.807) is 7.11 Å². The van der Waals surface area contributed by atoms with Gasteiger partial charge in [-0.3, -0.25) is 29.9 Å². The Bertz CT molecular complexity index is 1410. The molecule has 36 heavy (non-hydrogen) atoms. The van der Waals surface area contributed by atoms with Gasteiger partial charge in [0.25, 0.3) is 11.6 Å². The Morgan fingerprint density at radius 1 is 1.19 bits per heavy atom. The number of hydrogen-bond donors (Lipinski definition) is 2. The number of imide groups is 1. The van der Waals surface area contributed by atoms with Gasteiger partial charge in [-0.1, -0.05) is 12.1 Å². The summed E-state index contributed by atoms with van der Waals surface area (Å²) in [7, 11) is 2.81. The maximum atomic E-state index is 13.7. The van der Waals surface area contributed by atoms with Crippen molar-refractivity contribution < 1.29 is 28.8 Å². The number of aromatic amines is 1. The van der Waals surface area contributed by atoms with Gasteiger partial charge in [-0.2, -0.15) is 0 Å². The van der Waals surface area contributed by atoms with Crippen LogP contribution in [-0.4, -0.2) is 59.9 Å². The molecule has 186 valence electrons. The molecule has 11 heteroatoms. The summed E-state index contributed by atoms with van der Waals surface area (Å²) in [5, 5.41) is 15.6. The predicted octanol–water partition coefficient (Wildman–Crippen LogP) is 2.29. The number of carbonyl (C=O) groups is 3. The van der Waals surface area contributed by atoms with E-state index in [0.29, 0.717) is 24.4 Å². The molecular formula is C25H24N4O7. The lowest BCUT2D eigenvalue weighted by Gasteiger charge is -2.39. The number of hydrogen-bond acceptors (Lipinski definition) is 8. The minimum atomic E-state index is -1.55. The number of fused-ring (bicyclic) bond motifs is 3. The number of para-hydroxylation sites is 1. The number of nitrogens with one attached hydrogen (secondary N) is 2. The molecule has 3 aromatic rings. The van der Waals surface area contributed by atoms with Crippen molar-refractivity contribution in [3.05, 3.63) is 69.4 Å². The lowest BCUT2D eigenvalue weighted by molar-refractivity contribution is -0.385. The molecule has 3 heterocycles. The van der Waals surface area contributed by atoms with Gasteiger partial charge >= 0.3 is 5.97 Å². The topological polar surface area (TPSA) is 144 Å². The van der Waals surface area contributed by atoms with Crippen LogP contribution in [0.2, 0.25) is 0 Å². The van der Waals surface area contributed by atoms with Crippen molar-refractivity contribution in [3.8, 4) is 5.75 Å². The van der Waals surface area contributed by atoms with E-state index in [-0.39, 0.29) is 24.2 Å². The Balaban J connectivity index is 1.59. The molecule has 0 bridgehead atoms. The summed E-state index contributed by atoms with van der Waals surface area (Å²) in [6.07, 6.45) is 0.783. The second-order valence-corrected chi connectivity index (χ2v) is 8.78. The van der Waals surface area contributed by atoms with Gasteiger partial charge < -0.3 is 14.5 Å². The summed E-state index contributed by atoms with van der Waals surface area (Å²) < 4.78 is 10.5. The summed E-state index contributed by atoms with van der Waals surface area (Å²) in [5.74, 6) is -2.35. The Morgan fingerprint density at radius 2 is 1.97 bits per heavy atom. The molecule has 2 aromatic carbocycles. The van der Waals surface area contributed by atoms with E-state index in [0.717, 1.165) is 21.4 Å². The largest absolute Gasteiger partial charge is 0.497 e. The fourth-order valence-corrected chi connectivity index (χ4v) is 5.45. The molecule has 0 radical (unpaired) electrons. The Hall–Kier alpha value is -4.25. The van der Waals surface area contributed by atoms with Crippen LogP contribution in [0.4, 0.5) is 5.69 Å². The standard InChI is InChI=1S/C25H24N4O7/c1-35-14-7-8-15-16-9-11-26-25(24(32)36-2,21(16)27-19(15)13-14)18-10-12-28(23(18)31)22(30)17-5-3-4-6-20(17)29(33)34/h3-8,13,18,26-27H,9-12H2,1-2H3/t18-,25+/m0/s1. The number of nitro benzene ring substituents is 1. The van der Waals surface area contributed by atoms with E-state index in [1.807, 2.05) is 18.2 Å². The second-order valence-electron chi connectivity index (χ2n) is 8.78. The maximum Gasteiger partial charge on any atom is 0.333 e. The van der Waals surface area contributed by atoms with Crippen LogP contribution in [0.25, 0.3) is 10.9 Å². The third kappa shape index (κ3) is 3.34. The number of likely N-dealkylation sites (tertiary alicyclic amines) is 1. The molecule has 1 fully saturated rings. The zero-order chi connectivity index (χ0) is 25.6. The zero-order valence-corrected chi connectivity index (χ0v) is 19.7. The summed E-state index contributed by atoms with van der Waals surface area (Å²) in [5.41, 5.74) is 0.0242. The zero-order valence-electron chi connectivity index (χ0n) is 19.7. The van der Waals surface area contributed by atoms with Crippen molar-refractivity contribution in [1.82, 2.24) is 15.2 Å². The summed E-state index contributed by atoms with van der Waals surface area (Å²) in [6, 6.07) is 11.0. The number of amides is 2. The number of esters is 1. The first-order valence-corrected chi connectivity index (χ1v) is 11.4. The molecule has 2 amide bonds. The lowest BCUT2D eigenvalue weighted by atomic mass is 9.75. The van der Waals surface area contributed by atoms with Gasteiger partial charge in [-0.15, -0.1) is 0 Å². The molecular weight excluding hydrogens is 468 g/mol. The van der Waals surface area contributed by atoms with E-state index in [4.69, 9.17) is 9.47 Å². The van der Waals surface area contributed by atoms with Crippen LogP contribution in [0, 0.1) is 16.0 Å². The minimum absolute atomic E-state index is 0.0121. The molecule has 11 nitrogen and oxygen atoms in total. The molecule has 2 aliphatic heterocycles. The van der Waals surface area contributed by atoms with E-state index in [1.165, 1.54) is 31.4 Å². The van der Waals surface area contributed by atoms with Crippen LogP contribution in [-0.2, 0) is 26.3 Å². The molecule has 2 atom stereocenters. The number of ether oxygens (including phenoxy) is 2. The maximum absolute atomic E-state index is 13.7. The number of carbonyl (C=O) groups excluding carboxylic acids is 3. The van der Waals surface area contributed by atoms with Gasteiger partial charge in [-0.05, 0) is 36.6 Å². The van der Waals surface area contributed by atoms with Crippen molar-refractivity contribution in [2.45, 2.75) is 18.4 Å². The quantitative estimate of drug-likeness (QED) is 0.239. The number of H-pyrrole nitrogens is 1. The SMILES string of the molecule is COC(=O)[C@]1([C@H]2CCN(C(=O)c3ccccc3[N+](=O)[O-])C2=O)NCCc2c1[nH]c1cc(OC)ccc21. The van der Waals surface area contributed by atoms with E-state index < -0.39 is 34.2 Å². The highest BCUT2D eigenvalue weighted by molar-refractivity contribution is 6.10. The summed E-state index contributed by atoms with van der Waals surface area (Å²) in [6.45, 7) is 0.418. The van der Waals surface area contributed by atoms with Gasteiger partial charge in [0.2, 0.25) is 5.91 Å². The van der Waals surface area contributed by atoms with Gasteiger partial charge in [0.05, 0.1) is 30.8 Å². The van der Waals surface area contributed by atoms with Gasteiger partial charge in [0.1, 0.15) is 11.3 Å². The first kappa shape index (κ1) is 23.5. The minimum Gasteiger partial charge on any atom is -0.497 e. The highest BCUT2D eigenvalue weighted by Gasteiger charge is 2.58. The molecule has 5 rings (SSSR count). The number of methoxy groups -OCH3 is 2. The number of nitro groups is 1. The molecule has 2 aliphatic rings. The average molecular weight is 492 g/mol. The summed E-state index contributed by atoms with van der Waals surface area (Å²) in [4.78, 5) is 55.4. The van der Waals surface area contributed by atoms with Crippen LogP contribution >= 0.6 is 0 Å². The Labute approximate surface area is 205 Å². The Kier molecular flexibility index (Phi) is 5.71. The second kappa shape index (κ2) is 8.76. The fraction of sp³-hybridized carbons (Fsp3) is 0.320. The average Bonchev–Trinajstić information content (AvgIpc) is 3.47. The van der Waals surface area contributed by atoms with Crippen molar-refractivity contribution in [2.24, 2.45) is 5.92 Å². The molecule has 1 saturated heterocycles. The normalized spacial score (nSPS) is 21.3. The molecule has 0 aliphatic carbocycles. The highest BCUT2D eigenvalue weighted by Crippen LogP contribution is 2.44. The first-order chi connectivity index (χ1) is 17.3. The number of rotatable bonds is 5. The van der Waals surface area contributed by atoms with Crippen LogP contribution in [0.15, 0.2) is 42.5 Å². The highest BCUT2D eigenvalue weighted by atomic mass is 16.6. The van der Waals surface area contributed by atoms with Gasteiger partial charge in [-0.25, -0.2) is 4.79 Å². The summed E-state index contributed by atoms with van der Waals surface area (Å²) >= 11 is 0. The van der Waals surface area contributed by atoms with E-state index in [2.05, 4.69) is 10.3 Å².